The van der Waals surface area contributed by atoms with Crippen LogP contribution in [0.1, 0.15) is 34.6 Å². The third kappa shape index (κ3) is 2.71. The summed E-state index contributed by atoms with van der Waals surface area (Å²) in [5.41, 5.74) is 0.195. The van der Waals surface area contributed by atoms with Crippen molar-refractivity contribution in [2.24, 2.45) is 5.92 Å². The fraction of sp³-hybridized carbons (Fsp3) is 0.909. The minimum atomic E-state index is -0.0800. The van der Waals surface area contributed by atoms with Gasteiger partial charge in [0.1, 0.15) is 6.10 Å². The first-order valence-electron chi connectivity index (χ1n) is 5.26. The first-order valence-corrected chi connectivity index (χ1v) is 5.26. The molecule has 0 aliphatic carbocycles. The first-order chi connectivity index (χ1) is 6.30. The van der Waals surface area contributed by atoms with Crippen molar-refractivity contribution >= 4 is 5.97 Å². The highest BCUT2D eigenvalue weighted by atomic mass is 16.5. The number of ether oxygens (including phenoxy) is 1. The van der Waals surface area contributed by atoms with E-state index in [9.17, 15) is 4.79 Å². The fourth-order valence-electron chi connectivity index (χ4n) is 1.36. The van der Waals surface area contributed by atoms with Crippen molar-refractivity contribution in [2.75, 3.05) is 13.1 Å². The lowest BCUT2D eigenvalue weighted by molar-refractivity contribution is -0.165. The Labute approximate surface area is 86.4 Å². The van der Waals surface area contributed by atoms with Gasteiger partial charge in [0.2, 0.25) is 0 Å². The summed E-state index contributed by atoms with van der Waals surface area (Å²) in [5, 5.41) is 0. The number of nitrogens with zero attached hydrogens (tertiary/aromatic N) is 1. The lowest BCUT2D eigenvalue weighted by Crippen LogP contribution is -2.60. The molecular formula is C11H21NO2. The highest BCUT2D eigenvalue weighted by molar-refractivity contribution is 5.71. The lowest BCUT2D eigenvalue weighted by Gasteiger charge is -2.46. The van der Waals surface area contributed by atoms with Gasteiger partial charge >= 0.3 is 5.97 Å². The minimum Gasteiger partial charge on any atom is -0.459 e. The highest BCUT2D eigenvalue weighted by Gasteiger charge is 2.36. The SMILES string of the molecule is CC(C)C(=O)OC1CN(C(C)(C)C)C1. The van der Waals surface area contributed by atoms with Gasteiger partial charge in [0, 0.05) is 18.6 Å². The Balaban J connectivity index is 2.26. The van der Waals surface area contributed by atoms with Gasteiger partial charge in [-0.3, -0.25) is 9.69 Å². The molecule has 0 aromatic carbocycles. The van der Waals surface area contributed by atoms with E-state index in [-0.39, 0.29) is 23.5 Å². The molecule has 1 aliphatic heterocycles. The topological polar surface area (TPSA) is 29.5 Å². The zero-order chi connectivity index (χ0) is 10.9. The third-order valence-corrected chi connectivity index (χ3v) is 2.55. The van der Waals surface area contributed by atoms with Crippen molar-refractivity contribution in [3.05, 3.63) is 0 Å². The van der Waals surface area contributed by atoms with Crippen LogP contribution in [0, 0.1) is 5.92 Å². The Kier molecular flexibility index (Phi) is 3.20. The van der Waals surface area contributed by atoms with Gasteiger partial charge in [-0.2, -0.15) is 0 Å². The largest absolute Gasteiger partial charge is 0.459 e. The summed E-state index contributed by atoms with van der Waals surface area (Å²) in [6, 6.07) is 0. The molecule has 0 radical (unpaired) electrons. The number of esters is 1. The molecule has 1 fully saturated rings. The summed E-state index contributed by atoms with van der Waals surface area (Å²) < 4.78 is 5.29. The van der Waals surface area contributed by atoms with Crippen LogP contribution < -0.4 is 0 Å². The van der Waals surface area contributed by atoms with E-state index in [1.54, 1.807) is 0 Å². The van der Waals surface area contributed by atoms with Crippen LogP contribution in [-0.2, 0) is 9.53 Å². The molecule has 0 unspecified atom stereocenters. The maximum absolute atomic E-state index is 11.3. The van der Waals surface area contributed by atoms with Gasteiger partial charge in [0.25, 0.3) is 0 Å². The van der Waals surface area contributed by atoms with Crippen LogP contribution in [0.15, 0.2) is 0 Å². The molecule has 0 bridgehead atoms. The minimum absolute atomic E-state index is 0.0151. The summed E-state index contributed by atoms with van der Waals surface area (Å²) in [5.74, 6) is -0.0951. The monoisotopic (exact) mass is 199 g/mol. The second kappa shape index (κ2) is 3.89. The lowest BCUT2D eigenvalue weighted by atomic mass is 9.99. The Morgan fingerprint density at radius 2 is 1.86 bits per heavy atom. The Bertz CT molecular complexity index is 212. The number of hydrogen-bond acceptors (Lipinski definition) is 3. The molecular weight excluding hydrogens is 178 g/mol. The van der Waals surface area contributed by atoms with Gasteiger partial charge in [-0.05, 0) is 20.8 Å². The molecule has 82 valence electrons. The van der Waals surface area contributed by atoms with Gasteiger partial charge in [0.15, 0.2) is 0 Å². The van der Waals surface area contributed by atoms with Crippen molar-refractivity contribution in [3.63, 3.8) is 0 Å². The Morgan fingerprint density at radius 1 is 1.36 bits per heavy atom. The second-order valence-corrected chi connectivity index (χ2v) is 5.29. The van der Waals surface area contributed by atoms with Gasteiger partial charge in [-0.25, -0.2) is 0 Å². The summed E-state index contributed by atoms with van der Waals surface area (Å²) in [4.78, 5) is 13.6. The van der Waals surface area contributed by atoms with Gasteiger partial charge in [0.05, 0.1) is 5.92 Å². The van der Waals surface area contributed by atoms with Crippen LogP contribution >= 0.6 is 0 Å². The average molecular weight is 199 g/mol. The zero-order valence-corrected chi connectivity index (χ0v) is 9.83. The van der Waals surface area contributed by atoms with Crippen LogP contribution in [0.5, 0.6) is 0 Å². The maximum Gasteiger partial charge on any atom is 0.308 e. The molecule has 1 rings (SSSR count). The van der Waals surface area contributed by atoms with Crippen molar-refractivity contribution in [3.8, 4) is 0 Å². The number of likely N-dealkylation sites (tertiary alicyclic amines) is 1. The van der Waals surface area contributed by atoms with Gasteiger partial charge in [-0.15, -0.1) is 0 Å². The van der Waals surface area contributed by atoms with Gasteiger partial charge in [-0.1, -0.05) is 13.8 Å². The normalized spacial score (nSPS) is 19.6. The van der Waals surface area contributed by atoms with E-state index in [0.29, 0.717) is 0 Å². The standard InChI is InChI=1S/C11H21NO2/c1-8(2)10(13)14-9-6-12(7-9)11(3,4)5/h8-9H,6-7H2,1-5H3. The quantitative estimate of drug-likeness (QED) is 0.634. The van der Waals surface area contributed by atoms with E-state index in [1.165, 1.54) is 0 Å². The van der Waals surface area contributed by atoms with E-state index < -0.39 is 0 Å². The molecule has 1 heterocycles. The molecule has 0 atom stereocenters. The summed E-state index contributed by atoms with van der Waals surface area (Å²) in [7, 11) is 0. The van der Waals surface area contributed by atoms with Crippen LogP contribution in [0.3, 0.4) is 0 Å². The third-order valence-electron chi connectivity index (χ3n) is 2.55. The van der Waals surface area contributed by atoms with Crippen molar-refractivity contribution in [1.29, 1.82) is 0 Å². The maximum atomic E-state index is 11.3. The summed E-state index contributed by atoms with van der Waals surface area (Å²) in [6.07, 6.45) is 0.115. The van der Waals surface area contributed by atoms with E-state index in [4.69, 9.17) is 4.74 Å². The molecule has 0 aromatic rings. The number of hydrogen-bond donors (Lipinski definition) is 0. The summed E-state index contributed by atoms with van der Waals surface area (Å²) >= 11 is 0. The molecule has 0 aromatic heterocycles. The highest BCUT2D eigenvalue weighted by Crippen LogP contribution is 2.23. The first kappa shape index (κ1) is 11.5. The molecule has 0 spiro atoms. The number of carbonyl (C=O) groups is 1. The van der Waals surface area contributed by atoms with E-state index >= 15 is 0 Å². The van der Waals surface area contributed by atoms with Crippen LogP contribution in [0.4, 0.5) is 0 Å². The summed E-state index contributed by atoms with van der Waals surface area (Å²) in [6.45, 7) is 12.0. The number of carbonyl (C=O) groups excluding carboxylic acids is 1. The van der Waals surface area contributed by atoms with E-state index in [1.807, 2.05) is 13.8 Å². The zero-order valence-electron chi connectivity index (χ0n) is 9.83. The molecule has 14 heavy (non-hydrogen) atoms. The molecule has 1 saturated heterocycles. The van der Waals surface area contributed by atoms with Gasteiger partial charge < -0.3 is 4.74 Å². The van der Waals surface area contributed by atoms with Crippen molar-refractivity contribution < 1.29 is 9.53 Å². The van der Waals surface area contributed by atoms with Crippen molar-refractivity contribution in [1.82, 2.24) is 4.90 Å². The van der Waals surface area contributed by atoms with E-state index in [2.05, 4.69) is 25.7 Å². The fourth-order valence-corrected chi connectivity index (χ4v) is 1.36. The van der Waals surface area contributed by atoms with Crippen LogP contribution in [0.25, 0.3) is 0 Å². The molecule has 3 nitrogen and oxygen atoms in total. The smallest absolute Gasteiger partial charge is 0.308 e. The Morgan fingerprint density at radius 3 is 2.21 bits per heavy atom. The van der Waals surface area contributed by atoms with Crippen LogP contribution in [0.2, 0.25) is 0 Å². The molecule has 0 saturated carbocycles. The van der Waals surface area contributed by atoms with Crippen LogP contribution in [-0.4, -0.2) is 35.6 Å². The predicted octanol–water partition coefficient (Wildman–Crippen LogP) is 1.67. The predicted molar refractivity (Wildman–Crippen MR) is 56.0 cm³/mol. The molecule has 3 heteroatoms. The van der Waals surface area contributed by atoms with Crippen molar-refractivity contribution in [2.45, 2.75) is 46.3 Å². The average Bonchev–Trinajstić information content (AvgIpc) is 1.92. The molecule has 0 N–H and O–H groups in total. The number of rotatable bonds is 2. The Hall–Kier alpha value is -0.570. The molecule has 0 amide bonds. The van der Waals surface area contributed by atoms with E-state index in [0.717, 1.165) is 13.1 Å². The second-order valence-electron chi connectivity index (χ2n) is 5.29. The molecule has 1 aliphatic rings.